The van der Waals surface area contributed by atoms with E-state index < -0.39 is 0 Å². The second kappa shape index (κ2) is 13.3. The maximum Gasteiger partial charge on any atom is 0.191 e. The third-order valence-electron chi connectivity index (χ3n) is 3.82. The van der Waals surface area contributed by atoms with Crippen LogP contribution in [0.4, 0.5) is 4.39 Å². The van der Waals surface area contributed by atoms with Crippen molar-refractivity contribution >= 4 is 29.9 Å². The van der Waals surface area contributed by atoms with Gasteiger partial charge in [-0.05, 0) is 37.1 Å². The Morgan fingerprint density at radius 3 is 2.39 bits per heavy atom. The van der Waals surface area contributed by atoms with Crippen LogP contribution in [0.1, 0.15) is 25.0 Å². The van der Waals surface area contributed by atoms with Crippen LogP contribution in [0.3, 0.4) is 0 Å². The first kappa shape index (κ1) is 24.2. The lowest BCUT2D eigenvalue weighted by atomic mass is 10.1. The van der Waals surface area contributed by atoms with E-state index in [2.05, 4.69) is 15.6 Å². The fourth-order valence-electron chi connectivity index (χ4n) is 2.46. The third kappa shape index (κ3) is 8.43. The molecule has 0 aliphatic rings. The molecule has 2 aromatic carbocycles. The number of guanidine groups is 1. The number of nitrogens with one attached hydrogen (secondary N) is 2. The molecule has 0 spiro atoms. The van der Waals surface area contributed by atoms with Crippen molar-refractivity contribution in [3.63, 3.8) is 0 Å². The summed E-state index contributed by atoms with van der Waals surface area (Å²) < 4.78 is 24.4. The number of benzene rings is 2. The van der Waals surface area contributed by atoms with E-state index >= 15 is 0 Å². The minimum Gasteiger partial charge on any atom is -0.486 e. The summed E-state index contributed by atoms with van der Waals surface area (Å²) >= 11 is 0. The second-order valence-electron chi connectivity index (χ2n) is 6.18. The van der Waals surface area contributed by atoms with Crippen molar-refractivity contribution in [1.82, 2.24) is 10.6 Å². The molecule has 1 unspecified atom stereocenters. The molecule has 7 heteroatoms. The van der Waals surface area contributed by atoms with Gasteiger partial charge in [0.1, 0.15) is 6.10 Å². The van der Waals surface area contributed by atoms with Crippen LogP contribution in [-0.4, -0.2) is 32.3 Å². The highest BCUT2D eigenvalue weighted by molar-refractivity contribution is 14.0. The van der Waals surface area contributed by atoms with E-state index in [1.807, 2.05) is 38.1 Å². The Bertz CT molecular complexity index is 726. The molecule has 28 heavy (non-hydrogen) atoms. The van der Waals surface area contributed by atoms with E-state index in [1.165, 1.54) is 6.07 Å². The molecule has 2 aromatic rings. The Morgan fingerprint density at radius 1 is 1.07 bits per heavy atom. The van der Waals surface area contributed by atoms with Crippen molar-refractivity contribution < 1.29 is 13.9 Å². The Morgan fingerprint density at radius 2 is 1.75 bits per heavy atom. The highest BCUT2D eigenvalue weighted by Gasteiger charge is 2.08. The lowest BCUT2D eigenvalue weighted by molar-refractivity contribution is 0.185. The summed E-state index contributed by atoms with van der Waals surface area (Å²) in [6.45, 7) is 6.32. The highest BCUT2D eigenvalue weighted by Crippen LogP contribution is 2.16. The first-order valence-electron chi connectivity index (χ1n) is 9.12. The zero-order valence-corrected chi connectivity index (χ0v) is 18.9. The van der Waals surface area contributed by atoms with Crippen molar-refractivity contribution in [3.8, 4) is 5.75 Å². The summed E-state index contributed by atoms with van der Waals surface area (Å²) in [6.07, 6.45) is -0.209. The molecule has 2 N–H and O–H groups in total. The number of ether oxygens (including phenoxy) is 2. The van der Waals surface area contributed by atoms with E-state index in [4.69, 9.17) is 9.47 Å². The molecule has 5 nitrogen and oxygen atoms in total. The summed E-state index contributed by atoms with van der Waals surface area (Å²) in [5, 5.41) is 6.44. The Kier molecular flexibility index (Phi) is 11.5. The van der Waals surface area contributed by atoms with E-state index in [1.54, 1.807) is 25.3 Å². The van der Waals surface area contributed by atoms with Gasteiger partial charge in [-0.15, -0.1) is 24.0 Å². The van der Waals surface area contributed by atoms with Crippen LogP contribution >= 0.6 is 24.0 Å². The van der Waals surface area contributed by atoms with Gasteiger partial charge in [0.2, 0.25) is 0 Å². The molecule has 0 aliphatic carbocycles. The Hall–Kier alpha value is -1.87. The lowest BCUT2D eigenvalue weighted by Gasteiger charge is -2.18. The summed E-state index contributed by atoms with van der Waals surface area (Å²) in [6, 6.07) is 14.6. The van der Waals surface area contributed by atoms with Gasteiger partial charge in [0.05, 0.1) is 19.7 Å². The SMILES string of the molecule is CCNC(=NCc1ccc(COC)cc1)NCC(C)Oc1ccccc1F.I. The molecule has 154 valence electrons. The highest BCUT2D eigenvalue weighted by atomic mass is 127. The molecule has 0 amide bonds. The van der Waals surface area contributed by atoms with Gasteiger partial charge < -0.3 is 20.1 Å². The topological polar surface area (TPSA) is 54.9 Å². The summed E-state index contributed by atoms with van der Waals surface area (Å²) in [5.41, 5.74) is 2.25. The smallest absolute Gasteiger partial charge is 0.191 e. The lowest BCUT2D eigenvalue weighted by Crippen LogP contribution is -2.41. The largest absolute Gasteiger partial charge is 0.486 e. The molecular weight excluding hydrogens is 472 g/mol. The molecule has 0 saturated carbocycles. The number of halogens is 2. The van der Waals surface area contributed by atoms with Crippen LogP contribution in [0, 0.1) is 5.82 Å². The second-order valence-corrected chi connectivity index (χ2v) is 6.18. The molecule has 0 aliphatic heterocycles. The predicted octanol–water partition coefficient (Wildman–Crippen LogP) is 4.11. The first-order chi connectivity index (χ1) is 13.1. The van der Waals surface area contributed by atoms with Crippen molar-refractivity contribution in [2.24, 2.45) is 4.99 Å². The zero-order chi connectivity index (χ0) is 19.5. The standard InChI is InChI=1S/C21H28FN3O2.HI/c1-4-23-21(25-14-17-9-11-18(12-10-17)15-26-3)24-13-16(2)27-20-8-6-5-7-19(20)22;/h5-12,16H,4,13-15H2,1-3H3,(H2,23,24,25);1H. The quantitative estimate of drug-likeness (QED) is 0.309. The molecule has 0 fully saturated rings. The Labute approximate surface area is 183 Å². The van der Waals surface area contributed by atoms with Crippen molar-refractivity contribution in [3.05, 3.63) is 65.5 Å². The fraction of sp³-hybridized carbons (Fsp3) is 0.381. The monoisotopic (exact) mass is 501 g/mol. The van der Waals surface area contributed by atoms with Crippen molar-refractivity contribution in [2.45, 2.75) is 33.1 Å². The summed E-state index contributed by atoms with van der Waals surface area (Å²) in [7, 11) is 1.68. The fourth-order valence-corrected chi connectivity index (χ4v) is 2.46. The maximum absolute atomic E-state index is 13.7. The maximum atomic E-state index is 13.7. The number of rotatable bonds is 9. The molecule has 0 radical (unpaired) electrons. The summed E-state index contributed by atoms with van der Waals surface area (Å²) in [5.74, 6) is 0.592. The minimum absolute atomic E-state index is 0. The average Bonchev–Trinajstić information content (AvgIpc) is 2.67. The molecular formula is C21H29FIN3O2. The first-order valence-corrected chi connectivity index (χ1v) is 9.12. The number of hydrogen-bond acceptors (Lipinski definition) is 3. The molecule has 0 bridgehead atoms. The van der Waals surface area contributed by atoms with Gasteiger partial charge >= 0.3 is 0 Å². The molecule has 2 rings (SSSR count). The molecule has 0 saturated heterocycles. The van der Waals surface area contributed by atoms with Gasteiger partial charge in [0.25, 0.3) is 0 Å². The van der Waals surface area contributed by atoms with Crippen LogP contribution in [-0.2, 0) is 17.9 Å². The zero-order valence-electron chi connectivity index (χ0n) is 16.6. The molecule has 1 atom stereocenters. The minimum atomic E-state index is -0.359. The van der Waals surface area contributed by atoms with E-state index in [9.17, 15) is 4.39 Å². The van der Waals surface area contributed by atoms with Gasteiger partial charge in [0, 0.05) is 13.7 Å². The predicted molar refractivity (Wildman–Crippen MR) is 122 cm³/mol. The van der Waals surface area contributed by atoms with Gasteiger partial charge in [0.15, 0.2) is 17.5 Å². The number of aliphatic imine (C=N–C) groups is 1. The molecule has 0 heterocycles. The van der Waals surface area contributed by atoms with Crippen LogP contribution in [0.25, 0.3) is 0 Å². The number of para-hydroxylation sites is 1. The number of nitrogens with zero attached hydrogens (tertiary/aromatic N) is 1. The van der Waals surface area contributed by atoms with Crippen molar-refractivity contribution in [1.29, 1.82) is 0 Å². The molecule has 0 aromatic heterocycles. The van der Waals surface area contributed by atoms with Gasteiger partial charge in [-0.3, -0.25) is 0 Å². The Balaban J connectivity index is 0.00000392. The van der Waals surface area contributed by atoms with E-state index in [0.29, 0.717) is 25.7 Å². The third-order valence-corrected chi connectivity index (χ3v) is 3.82. The van der Waals surface area contributed by atoms with Gasteiger partial charge in [-0.2, -0.15) is 0 Å². The van der Waals surface area contributed by atoms with E-state index in [-0.39, 0.29) is 41.6 Å². The van der Waals surface area contributed by atoms with Crippen LogP contribution in [0.5, 0.6) is 5.75 Å². The summed E-state index contributed by atoms with van der Waals surface area (Å²) in [4.78, 5) is 4.59. The van der Waals surface area contributed by atoms with Crippen LogP contribution in [0.2, 0.25) is 0 Å². The normalized spacial score (nSPS) is 12.1. The van der Waals surface area contributed by atoms with Gasteiger partial charge in [-0.1, -0.05) is 36.4 Å². The number of methoxy groups -OCH3 is 1. The average molecular weight is 501 g/mol. The van der Waals surface area contributed by atoms with Crippen LogP contribution in [0.15, 0.2) is 53.5 Å². The van der Waals surface area contributed by atoms with Crippen LogP contribution < -0.4 is 15.4 Å². The van der Waals surface area contributed by atoms with E-state index in [0.717, 1.165) is 17.7 Å². The number of hydrogen-bond donors (Lipinski definition) is 2. The van der Waals surface area contributed by atoms with Crippen molar-refractivity contribution in [2.75, 3.05) is 20.2 Å². The van der Waals surface area contributed by atoms with Gasteiger partial charge in [-0.25, -0.2) is 9.38 Å².